The molecule has 0 spiro atoms. The zero-order chi connectivity index (χ0) is 79.8. The van der Waals surface area contributed by atoms with Gasteiger partial charge in [-0.1, -0.05) is 0 Å². The lowest BCUT2D eigenvalue weighted by molar-refractivity contribution is -0.272. The predicted octanol–water partition coefficient (Wildman–Crippen LogP) is -7.95. The standard InChI is InChI=1S/C65H118N9O32PS/c1-41(78)69-53-59(89)56(86)45(38-75)102-62(53)99-32-29-96-26-23-93-20-13-66-48(81)35-72(36-49(82)67-14-21-94-24-27-97-30-33-100-63-54(70-42(2)79)60(90)57(87)46(39-76)103-63)16-8-17-74(52(85)10-7-9-51(84)73-18-11-44(12-19-73)105-107(92,108)106-65(4,5)6)37-50(83)68-15-22-95-25-28-98-31-34-101-64-55(71-43(3)80)61(91)58(88)47(40-77)104-64/h44-47,53-64,75-77,86-91H,7-40H2,1-6H3,(H,66,81)(H,67,82)(H,68,83)(H,69,78)(H,70,79)(H,71,80)(H,92,108). The van der Waals surface area contributed by atoms with Crippen LogP contribution in [0.2, 0.25) is 0 Å². The summed E-state index contributed by atoms with van der Waals surface area (Å²) in [7, 11) is 0. The lowest BCUT2D eigenvalue weighted by Gasteiger charge is -2.42. The van der Waals surface area contributed by atoms with E-state index in [1.807, 2.05) is 0 Å². The molecule has 0 bridgehead atoms. The number of ether oxygens (including phenoxy) is 12. The van der Waals surface area contributed by atoms with Crippen molar-refractivity contribution < 1.29 is 155 Å². The monoisotopic (exact) mass is 1600 g/mol. The summed E-state index contributed by atoms with van der Waals surface area (Å²) < 4.78 is 78.4. The fraction of sp³-hybridized carbons (Fsp3) is 0.877. The van der Waals surface area contributed by atoms with Crippen LogP contribution in [0.25, 0.3) is 0 Å². The van der Waals surface area contributed by atoms with Crippen LogP contribution in [0.5, 0.6) is 0 Å². The summed E-state index contributed by atoms with van der Waals surface area (Å²) in [5.74, 6) is -3.70. The average Bonchev–Trinajstić information content (AvgIpc) is 0.816. The van der Waals surface area contributed by atoms with E-state index in [0.717, 1.165) is 0 Å². The van der Waals surface area contributed by atoms with Gasteiger partial charge in [-0.25, -0.2) is 0 Å². The maximum absolute atomic E-state index is 14.1. The molecule has 8 amide bonds. The first-order valence-electron chi connectivity index (χ1n) is 36.2. The Kier molecular flexibility index (Phi) is 46.1. The van der Waals surface area contributed by atoms with Gasteiger partial charge in [-0.2, -0.15) is 0 Å². The first kappa shape index (κ1) is 95.8. The van der Waals surface area contributed by atoms with Gasteiger partial charge < -0.3 is 158 Å². The van der Waals surface area contributed by atoms with Gasteiger partial charge in [0.15, 0.2) is 18.9 Å². The van der Waals surface area contributed by atoms with Gasteiger partial charge >= 0.3 is 6.72 Å². The summed E-state index contributed by atoms with van der Waals surface area (Å²) in [6.45, 7) is 3.97. The highest BCUT2D eigenvalue weighted by Gasteiger charge is 2.48. The Labute approximate surface area is 633 Å². The summed E-state index contributed by atoms with van der Waals surface area (Å²) in [6.07, 6.45) is -15.4. The minimum Gasteiger partial charge on any atom is -0.394 e. The number of carbonyl (C=O) groups excluding carboxylic acids is 8. The Morgan fingerprint density at radius 3 is 1.17 bits per heavy atom. The highest BCUT2D eigenvalue weighted by atomic mass is 32.5. The molecule has 16 unspecified atom stereocenters. The number of carbonyl (C=O) groups is 8. The van der Waals surface area contributed by atoms with Gasteiger partial charge in [0.2, 0.25) is 47.3 Å². The number of rotatable bonds is 53. The third kappa shape index (κ3) is 37.4. The maximum atomic E-state index is 14.1. The van der Waals surface area contributed by atoms with E-state index < -0.39 is 178 Å². The van der Waals surface area contributed by atoms with E-state index >= 15 is 0 Å². The maximum Gasteiger partial charge on any atom is 0.325 e. The van der Waals surface area contributed by atoms with Crippen LogP contribution in [0.4, 0.5) is 0 Å². The SMILES string of the molecule is CC(=O)NC1C(OCCOCCOCCNC(=O)CN(CCCN(CC(=O)NCCOCCOCCOC2OC(CO)C(O)C(O)C2NC(C)=O)C(=O)CCCC(=O)N2CCC(OP(O)(=S)OC(C)(C)C)CC2)CC(=O)NCCOCCOCCOC2OC(CO)C(O)C(O)C2NC(C)=O)OC(CO)C(O)C1O. The van der Waals surface area contributed by atoms with E-state index in [-0.39, 0.29) is 177 Å². The zero-order valence-electron chi connectivity index (χ0n) is 62.4. The molecular weight excluding hydrogens is 1480 g/mol. The van der Waals surface area contributed by atoms with Gasteiger partial charge in [-0.15, -0.1) is 0 Å². The molecule has 43 heteroatoms. The minimum absolute atomic E-state index is 0.00724. The molecule has 4 fully saturated rings. The summed E-state index contributed by atoms with van der Waals surface area (Å²) >= 11 is 5.22. The van der Waals surface area contributed by atoms with Crippen LogP contribution in [0, 0.1) is 0 Å². The van der Waals surface area contributed by atoms with Crippen LogP contribution in [-0.4, -0.2) is 401 Å². The molecule has 0 saturated carbocycles. The van der Waals surface area contributed by atoms with Crippen LogP contribution in [0.1, 0.15) is 80.1 Å². The van der Waals surface area contributed by atoms with Gasteiger partial charge in [0, 0.05) is 79.4 Å². The summed E-state index contributed by atoms with van der Waals surface area (Å²) in [5.41, 5.74) is -0.736. The lowest BCUT2D eigenvalue weighted by Crippen LogP contribution is -2.64. The molecule has 16 atom stereocenters. The second-order valence-electron chi connectivity index (χ2n) is 26.7. The van der Waals surface area contributed by atoms with Crippen molar-refractivity contribution in [1.29, 1.82) is 0 Å². The van der Waals surface area contributed by atoms with Gasteiger partial charge in [0.25, 0.3) is 0 Å². The fourth-order valence-corrected chi connectivity index (χ4v) is 13.8. The molecule has 41 nitrogen and oxygen atoms in total. The van der Waals surface area contributed by atoms with E-state index in [1.165, 1.54) is 25.7 Å². The van der Waals surface area contributed by atoms with Crippen molar-refractivity contribution in [3.63, 3.8) is 0 Å². The molecule has 626 valence electrons. The predicted molar refractivity (Wildman–Crippen MR) is 377 cm³/mol. The third-order valence-corrected chi connectivity index (χ3v) is 18.5. The van der Waals surface area contributed by atoms with Crippen molar-refractivity contribution in [2.75, 3.05) is 184 Å². The molecule has 0 aromatic carbocycles. The van der Waals surface area contributed by atoms with Crippen LogP contribution in [-0.2, 0) is 116 Å². The second-order valence-corrected chi connectivity index (χ2v) is 29.4. The Bertz CT molecular complexity index is 2620. The molecule has 4 heterocycles. The normalized spacial score (nSPS) is 26.1. The van der Waals surface area contributed by atoms with Crippen molar-refractivity contribution in [3.8, 4) is 0 Å². The van der Waals surface area contributed by atoms with E-state index in [4.69, 9.17) is 77.7 Å². The van der Waals surface area contributed by atoms with Crippen LogP contribution >= 0.6 is 6.72 Å². The molecule has 4 saturated heterocycles. The van der Waals surface area contributed by atoms with Crippen molar-refractivity contribution in [2.45, 2.75) is 184 Å². The third-order valence-electron chi connectivity index (χ3n) is 16.7. The fourth-order valence-electron chi connectivity index (χ4n) is 11.5. The number of aliphatic hydroxyl groups is 9. The second kappa shape index (κ2) is 51.9. The van der Waals surface area contributed by atoms with Crippen molar-refractivity contribution in [2.24, 2.45) is 0 Å². The lowest BCUT2D eigenvalue weighted by atomic mass is 9.97. The molecule has 4 aliphatic rings. The first-order chi connectivity index (χ1) is 51.4. The number of hydrogen-bond acceptors (Lipinski definition) is 33. The first-order valence-corrected chi connectivity index (χ1v) is 38.8. The minimum atomic E-state index is -3.55. The number of piperidine rings is 1. The Balaban J connectivity index is 1.31. The van der Waals surface area contributed by atoms with Crippen LogP contribution < -0.4 is 31.9 Å². The van der Waals surface area contributed by atoms with Gasteiger partial charge in [-0.05, 0) is 58.3 Å². The largest absolute Gasteiger partial charge is 0.394 e. The molecule has 0 aromatic heterocycles. The molecule has 16 N–H and O–H groups in total. The highest BCUT2D eigenvalue weighted by Crippen LogP contribution is 2.50. The van der Waals surface area contributed by atoms with Crippen molar-refractivity contribution in [3.05, 3.63) is 0 Å². The number of likely N-dealkylation sites (tertiary alicyclic amines) is 1. The van der Waals surface area contributed by atoms with Gasteiger partial charge in [0.1, 0.15) is 73.1 Å². The van der Waals surface area contributed by atoms with E-state index in [9.17, 15) is 89.2 Å². The molecule has 0 aromatic rings. The summed E-state index contributed by atoms with van der Waals surface area (Å²) in [5, 5.41) is 107. The molecule has 108 heavy (non-hydrogen) atoms. The molecule has 4 rings (SSSR count). The van der Waals surface area contributed by atoms with E-state index in [0.29, 0.717) is 25.9 Å². The van der Waals surface area contributed by atoms with Gasteiger partial charge in [0.05, 0.1) is 150 Å². The Hall–Kier alpha value is -4.59. The van der Waals surface area contributed by atoms with Crippen LogP contribution in [0.15, 0.2) is 0 Å². The van der Waals surface area contributed by atoms with Gasteiger partial charge in [-0.3, -0.25) is 43.3 Å². The van der Waals surface area contributed by atoms with Crippen molar-refractivity contribution >= 4 is 65.8 Å². The molecular formula is C65H118N9O32PS. The molecule has 0 radical (unpaired) electrons. The summed E-state index contributed by atoms with van der Waals surface area (Å²) in [4.78, 5) is 118. The number of nitrogens with one attached hydrogen (secondary N) is 6. The molecule has 4 aliphatic heterocycles. The average molecular weight is 1600 g/mol. The number of aliphatic hydroxyl groups excluding tert-OH is 9. The number of amides is 8. The van der Waals surface area contributed by atoms with Crippen molar-refractivity contribution in [1.82, 2.24) is 46.6 Å². The quantitative estimate of drug-likeness (QED) is 0.0199. The summed E-state index contributed by atoms with van der Waals surface area (Å²) in [6, 6.07) is -3.37. The Morgan fingerprint density at radius 1 is 0.481 bits per heavy atom. The van der Waals surface area contributed by atoms with Crippen LogP contribution in [0.3, 0.4) is 0 Å². The number of hydrogen-bond donors (Lipinski definition) is 16. The molecule has 0 aliphatic carbocycles. The topological polar surface area (TPSA) is 550 Å². The number of nitrogens with zero attached hydrogens (tertiary/aromatic N) is 3. The smallest absolute Gasteiger partial charge is 0.325 e. The van der Waals surface area contributed by atoms with E-state index in [1.54, 1.807) is 30.6 Å². The highest BCUT2D eigenvalue weighted by molar-refractivity contribution is 8.07. The van der Waals surface area contributed by atoms with E-state index in [2.05, 4.69) is 31.9 Å². The Morgan fingerprint density at radius 2 is 0.824 bits per heavy atom. The zero-order valence-corrected chi connectivity index (χ0v) is 64.1.